The average molecular weight is 287 g/mol. The van der Waals surface area contributed by atoms with E-state index in [1.165, 1.54) is 50.6 Å². The number of benzene rings is 1. The van der Waals surface area contributed by atoms with Crippen LogP contribution in [0.3, 0.4) is 0 Å². The fourth-order valence-corrected chi connectivity index (χ4v) is 4.68. The van der Waals surface area contributed by atoms with Crippen molar-refractivity contribution in [3.8, 4) is 0 Å². The zero-order valence-electron chi connectivity index (χ0n) is 13.5. The van der Waals surface area contributed by atoms with Crippen molar-refractivity contribution >= 4 is 0 Å². The lowest BCUT2D eigenvalue weighted by atomic mass is 9.98. The highest BCUT2D eigenvalue weighted by molar-refractivity contribution is 5.14. The molecule has 21 heavy (non-hydrogen) atoms. The van der Waals surface area contributed by atoms with E-state index < -0.39 is 0 Å². The van der Waals surface area contributed by atoms with Crippen LogP contribution in [0.15, 0.2) is 30.3 Å². The Morgan fingerprint density at radius 3 is 2.67 bits per heavy atom. The first kappa shape index (κ1) is 15.1. The average Bonchev–Trinajstić information content (AvgIpc) is 3.10. The molecule has 2 bridgehead atoms. The molecule has 0 aromatic heterocycles. The molecule has 4 atom stereocenters. The van der Waals surface area contributed by atoms with Crippen molar-refractivity contribution in [3.05, 3.63) is 35.9 Å². The molecule has 4 unspecified atom stereocenters. The molecule has 0 heterocycles. The SMILES string of the molecule is COC1CC2CCC1C2N(C)CCCCc1ccccc1. The van der Waals surface area contributed by atoms with Crippen LogP contribution in [0.1, 0.15) is 37.7 Å². The maximum absolute atomic E-state index is 5.68. The van der Waals surface area contributed by atoms with Crippen molar-refractivity contribution in [1.29, 1.82) is 0 Å². The van der Waals surface area contributed by atoms with Crippen LogP contribution >= 0.6 is 0 Å². The normalized spacial score (nSPS) is 31.2. The van der Waals surface area contributed by atoms with Crippen molar-refractivity contribution < 1.29 is 4.74 Å². The summed E-state index contributed by atoms with van der Waals surface area (Å²) in [6.07, 6.45) is 8.43. The van der Waals surface area contributed by atoms with E-state index >= 15 is 0 Å². The predicted molar refractivity (Wildman–Crippen MR) is 87.4 cm³/mol. The van der Waals surface area contributed by atoms with E-state index in [0.29, 0.717) is 6.10 Å². The van der Waals surface area contributed by atoms with Crippen LogP contribution in [-0.4, -0.2) is 37.7 Å². The Labute approximate surface area is 129 Å². The lowest BCUT2D eigenvalue weighted by molar-refractivity contribution is 0.0470. The summed E-state index contributed by atoms with van der Waals surface area (Å²) in [6.45, 7) is 1.24. The number of methoxy groups -OCH3 is 1. The highest BCUT2D eigenvalue weighted by Crippen LogP contribution is 2.48. The van der Waals surface area contributed by atoms with Gasteiger partial charge in [0.25, 0.3) is 0 Å². The third-order valence-corrected chi connectivity index (χ3v) is 5.69. The summed E-state index contributed by atoms with van der Waals surface area (Å²) in [4.78, 5) is 2.63. The van der Waals surface area contributed by atoms with E-state index in [4.69, 9.17) is 4.74 Å². The maximum atomic E-state index is 5.68. The second-order valence-electron chi connectivity index (χ2n) is 6.93. The number of hydrogen-bond donors (Lipinski definition) is 0. The van der Waals surface area contributed by atoms with Crippen LogP contribution in [0, 0.1) is 11.8 Å². The Morgan fingerprint density at radius 2 is 1.95 bits per heavy atom. The van der Waals surface area contributed by atoms with Gasteiger partial charge in [0.2, 0.25) is 0 Å². The first-order valence-corrected chi connectivity index (χ1v) is 8.56. The van der Waals surface area contributed by atoms with Gasteiger partial charge in [-0.05, 0) is 63.6 Å². The van der Waals surface area contributed by atoms with Crippen LogP contribution < -0.4 is 0 Å². The van der Waals surface area contributed by atoms with Gasteiger partial charge in [-0.2, -0.15) is 0 Å². The standard InChI is InChI=1S/C19H29NO/c1-20(13-7-6-10-15-8-4-3-5-9-15)19-16-11-12-17(19)18(14-16)21-2/h3-5,8-9,16-19H,6-7,10-14H2,1-2H3. The number of aryl methyl sites for hydroxylation is 1. The van der Waals surface area contributed by atoms with Gasteiger partial charge in [0.15, 0.2) is 0 Å². The van der Waals surface area contributed by atoms with Crippen molar-refractivity contribution in [2.75, 3.05) is 20.7 Å². The molecule has 1 aromatic carbocycles. The van der Waals surface area contributed by atoms with Crippen LogP contribution in [-0.2, 0) is 11.2 Å². The summed E-state index contributed by atoms with van der Waals surface area (Å²) in [5.41, 5.74) is 1.47. The predicted octanol–water partition coefficient (Wildman–Crippen LogP) is 3.75. The van der Waals surface area contributed by atoms with Crippen molar-refractivity contribution in [2.24, 2.45) is 11.8 Å². The molecular formula is C19H29NO. The molecule has 2 fully saturated rings. The van der Waals surface area contributed by atoms with E-state index in [0.717, 1.165) is 17.9 Å². The second kappa shape index (κ2) is 6.93. The molecule has 0 aliphatic heterocycles. The fraction of sp³-hybridized carbons (Fsp3) is 0.684. The van der Waals surface area contributed by atoms with E-state index in [1.807, 2.05) is 7.11 Å². The third-order valence-electron chi connectivity index (χ3n) is 5.69. The number of unbranched alkanes of at least 4 members (excludes halogenated alkanes) is 1. The van der Waals surface area contributed by atoms with E-state index in [-0.39, 0.29) is 0 Å². The van der Waals surface area contributed by atoms with Gasteiger partial charge in [-0.15, -0.1) is 0 Å². The highest BCUT2D eigenvalue weighted by Gasteiger charge is 2.49. The van der Waals surface area contributed by atoms with Gasteiger partial charge in [-0.25, -0.2) is 0 Å². The fourth-order valence-electron chi connectivity index (χ4n) is 4.68. The van der Waals surface area contributed by atoms with Gasteiger partial charge in [0, 0.05) is 19.1 Å². The Balaban J connectivity index is 1.42. The second-order valence-corrected chi connectivity index (χ2v) is 6.93. The van der Waals surface area contributed by atoms with E-state index in [1.54, 1.807) is 0 Å². The molecule has 2 aliphatic rings. The number of ether oxygens (including phenoxy) is 1. The van der Waals surface area contributed by atoms with Gasteiger partial charge in [0.05, 0.1) is 6.10 Å². The van der Waals surface area contributed by atoms with Gasteiger partial charge in [0.1, 0.15) is 0 Å². The van der Waals surface area contributed by atoms with Crippen LogP contribution in [0.25, 0.3) is 0 Å². The van der Waals surface area contributed by atoms with Crippen LogP contribution in [0.2, 0.25) is 0 Å². The molecule has 0 spiro atoms. The first-order chi connectivity index (χ1) is 10.3. The van der Waals surface area contributed by atoms with Gasteiger partial charge in [-0.1, -0.05) is 30.3 Å². The molecule has 2 nitrogen and oxygen atoms in total. The Kier molecular flexibility index (Phi) is 4.97. The molecule has 1 aromatic rings. The Hall–Kier alpha value is -0.860. The van der Waals surface area contributed by atoms with Crippen LogP contribution in [0.4, 0.5) is 0 Å². The topological polar surface area (TPSA) is 12.5 Å². The van der Waals surface area contributed by atoms with Gasteiger partial charge in [-0.3, -0.25) is 0 Å². The summed E-state index contributed by atoms with van der Waals surface area (Å²) in [5, 5.41) is 0. The summed E-state index contributed by atoms with van der Waals surface area (Å²) in [7, 11) is 4.22. The summed E-state index contributed by atoms with van der Waals surface area (Å²) in [6, 6.07) is 11.6. The molecule has 3 rings (SSSR count). The molecule has 2 aliphatic carbocycles. The number of rotatable bonds is 7. The third kappa shape index (κ3) is 3.32. The molecule has 116 valence electrons. The monoisotopic (exact) mass is 287 g/mol. The Morgan fingerprint density at radius 1 is 1.14 bits per heavy atom. The molecule has 0 N–H and O–H groups in total. The minimum atomic E-state index is 0.528. The lowest BCUT2D eigenvalue weighted by Crippen LogP contribution is -2.37. The Bertz CT molecular complexity index is 432. The minimum absolute atomic E-state index is 0.528. The summed E-state index contributed by atoms with van der Waals surface area (Å²) < 4.78 is 5.68. The lowest BCUT2D eigenvalue weighted by Gasteiger charge is -2.29. The molecule has 0 saturated heterocycles. The van der Waals surface area contributed by atoms with Crippen LogP contribution in [0.5, 0.6) is 0 Å². The molecule has 2 heteroatoms. The highest BCUT2D eigenvalue weighted by atomic mass is 16.5. The summed E-state index contributed by atoms with van der Waals surface area (Å²) >= 11 is 0. The zero-order valence-corrected chi connectivity index (χ0v) is 13.5. The first-order valence-electron chi connectivity index (χ1n) is 8.56. The van der Waals surface area contributed by atoms with E-state index in [2.05, 4.69) is 42.3 Å². The van der Waals surface area contributed by atoms with Gasteiger partial charge >= 0.3 is 0 Å². The number of fused-ring (bicyclic) bond motifs is 2. The molecular weight excluding hydrogens is 258 g/mol. The zero-order chi connectivity index (χ0) is 14.7. The van der Waals surface area contributed by atoms with Crippen molar-refractivity contribution in [1.82, 2.24) is 4.90 Å². The number of nitrogens with zero attached hydrogens (tertiary/aromatic N) is 1. The number of hydrogen-bond acceptors (Lipinski definition) is 2. The quantitative estimate of drug-likeness (QED) is 0.708. The molecule has 0 amide bonds. The van der Waals surface area contributed by atoms with E-state index in [9.17, 15) is 0 Å². The van der Waals surface area contributed by atoms with Crippen molar-refractivity contribution in [2.45, 2.75) is 50.7 Å². The van der Waals surface area contributed by atoms with Crippen molar-refractivity contribution in [3.63, 3.8) is 0 Å². The minimum Gasteiger partial charge on any atom is -0.381 e. The molecule has 0 radical (unpaired) electrons. The molecule has 2 saturated carbocycles. The van der Waals surface area contributed by atoms with Gasteiger partial charge < -0.3 is 9.64 Å². The largest absolute Gasteiger partial charge is 0.381 e. The summed E-state index contributed by atoms with van der Waals surface area (Å²) in [5.74, 6) is 1.68. The maximum Gasteiger partial charge on any atom is 0.0617 e. The smallest absolute Gasteiger partial charge is 0.0617 e.